The van der Waals surface area contributed by atoms with Crippen molar-refractivity contribution >= 4 is 23.3 Å². The highest BCUT2D eigenvalue weighted by Gasteiger charge is 2.05. The van der Waals surface area contributed by atoms with Crippen LogP contribution in [-0.2, 0) is 4.79 Å². The normalized spacial score (nSPS) is 10.9. The number of carbonyl (C=O) groups excluding carboxylic acids is 1. The Labute approximate surface area is 109 Å². The topological polar surface area (TPSA) is 66.9 Å². The number of primary amides is 1. The van der Waals surface area contributed by atoms with Gasteiger partial charge in [-0.1, -0.05) is 30.3 Å². The van der Waals surface area contributed by atoms with Crippen LogP contribution in [0.25, 0.3) is 16.5 Å². The Kier molecular flexibility index (Phi) is 3.56. The maximum absolute atomic E-state index is 10.9. The zero-order chi connectivity index (χ0) is 13.0. The fourth-order valence-corrected chi connectivity index (χ4v) is 2.45. The smallest absolute Gasteiger partial charge is 0.259 e. The predicted octanol–water partition coefficient (Wildman–Crippen LogP) is 2.81. The molecular formula is C14H10N2OS. The van der Waals surface area contributed by atoms with Crippen molar-refractivity contribution in [2.75, 3.05) is 0 Å². The third kappa shape index (κ3) is 2.65. The maximum atomic E-state index is 10.9. The van der Waals surface area contributed by atoms with E-state index in [9.17, 15) is 4.79 Å². The van der Waals surface area contributed by atoms with Crippen LogP contribution in [0.1, 0.15) is 4.88 Å². The second-order valence-electron chi connectivity index (χ2n) is 3.60. The highest BCUT2D eigenvalue weighted by molar-refractivity contribution is 7.16. The molecule has 0 fully saturated rings. The molecule has 0 saturated heterocycles. The van der Waals surface area contributed by atoms with Crippen molar-refractivity contribution in [2.24, 2.45) is 5.73 Å². The first kappa shape index (κ1) is 12.1. The van der Waals surface area contributed by atoms with Gasteiger partial charge in [-0.25, -0.2) is 0 Å². The molecule has 1 amide bonds. The van der Waals surface area contributed by atoms with E-state index >= 15 is 0 Å². The van der Waals surface area contributed by atoms with Crippen molar-refractivity contribution in [1.82, 2.24) is 0 Å². The number of nitrogens with zero attached hydrogens (tertiary/aromatic N) is 1. The molecule has 18 heavy (non-hydrogen) atoms. The van der Waals surface area contributed by atoms with Crippen molar-refractivity contribution in [1.29, 1.82) is 5.26 Å². The molecule has 2 N–H and O–H groups in total. The van der Waals surface area contributed by atoms with E-state index in [0.717, 1.165) is 15.3 Å². The van der Waals surface area contributed by atoms with E-state index in [0.29, 0.717) is 0 Å². The molecule has 0 saturated carbocycles. The first-order valence-electron chi connectivity index (χ1n) is 5.27. The number of thiophene rings is 1. The number of nitriles is 1. The van der Waals surface area contributed by atoms with E-state index in [4.69, 9.17) is 11.0 Å². The minimum absolute atomic E-state index is 0.0311. The lowest BCUT2D eigenvalue weighted by atomic mass is 10.2. The van der Waals surface area contributed by atoms with Crippen LogP contribution in [0, 0.1) is 11.3 Å². The Balaban J connectivity index is 2.33. The Morgan fingerprint density at radius 2 is 1.94 bits per heavy atom. The van der Waals surface area contributed by atoms with Crippen molar-refractivity contribution < 1.29 is 4.79 Å². The maximum Gasteiger partial charge on any atom is 0.259 e. The summed E-state index contributed by atoms with van der Waals surface area (Å²) in [5.41, 5.74) is 6.17. The summed E-state index contributed by atoms with van der Waals surface area (Å²) < 4.78 is 0. The Morgan fingerprint density at radius 1 is 1.22 bits per heavy atom. The van der Waals surface area contributed by atoms with Gasteiger partial charge in [-0.15, -0.1) is 11.3 Å². The monoisotopic (exact) mass is 254 g/mol. The third-order valence-electron chi connectivity index (χ3n) is 2.36. The summed E-state index contributed by atoms with van der Waals surface area (Å²) in [4.78, 5) is 12.9. The molecule has 1 aromatic carbocycles. The van der Waals surface area contributed by atoms with Crippen LogP contribution in [0.4, 0.5) is 0 Å². The van der Waals surface area contributed by atoms with E-state index in [2.05, 4.69) is 0 Å². The van der Waals surface area contributed by atoms with Gasteiger partial charge in [-0.2, -0.15) is 5.26 Å². The first-order valence-corrected chi connectivity index (χ1v) is 6.09. The number of nitrogens with two attached hydrogens (primary N) is 1. The largest absolute Gasteiger partial charge is 0.365 e. The quantitative estimate of drug-likeness (QED) is 0.676. The number of hydrogen-bond donors (Lipinski definition) is 1. The SMILES string of the molecule is N#C/C(=C\c1ccc(-c2ccccc2)s1)C(N)=O. The Hall–Kier alpha value is -2.38. The molecule has 4 heteroatoms. The molecule has 1 aromatic heterocycles. The van der Waals surface area contributed by atoms with E-state index in [1.807, 2.05) is 42.5 Å². The molecular weight excluding hydrogens is 244 g/mol. The van der Waals surface area contributed by atoms with E-state index in [-0.39, 0.29) is 5.57 Å². The lowest BCUT2D eigenvalue weighted by Gasteiger charge is -1.94. The Bertz CT molecular complexity index is 635. The molecule has 0 unspecified atom stereocenters. The van der Waals surface area contributed by atoms with Crippen LogP contribution < -0.4 is 5.73 Å². The predicted molar refractivity (Wildman–Crippen MR) is 72.5 cm³/mol. The minimum Gasteiger partial charge on any atom is -0.365 e. The molecule has 0 atom stereocenters. The third-order valence-corrected chi connectivity index (χ3v) is 3.44. The van der Waals surface area contributed by atoms with Crippen molar-refractivity contribution in [3.8, 4) is 16.5 Å². The molecule has 0 aliphatic heterocycles. The fourth-order valence-electron chi connectivity index (χ4n) is 1.49. The molecule has 3 nitrogen and oxygen atoms in total. The summed E-state index contributed by atoms with van der Waals surface area (Å²) in [6, 6.07) is 15.5. The highest BCUT2D eigenvalue weighted by Crippen LogP contribution is 2.29. The van der Waals surface area contributed by atoms with Crippen LogP contribution >= 0.6 is 11.3 Å². The Morgan fingerprint density at radius 3 is 2.56 bits per heavy atom. The van der Waals surface area contributed by atoms with Crippen molar-refractivity contribution in [2.45, 2.75) is 0 Å². The van der Waals surface area contributed by atoms with Gasteiger partial charge in [0.1, 0.15) is 11.6 Å². The molecule has 2 rings (SSSR count). The molecule has 88 valence electrons. The van der Waals surface area contributed by atoms with Crippen LogP contribution in [0.5, 0.6) is 0 Å². The lowest BCUT2D eigenvalue weighted by Crippen LogP contribution is -2.12. The molecule has 0 spiro atoms. The number of amides is 1. The summed E-state index contributed by atoms with van der Waals surface area (Å²) in [7, 11) is 0. The second-order valence-corrected chi connectivity index (χ2v) is 4.72. The molecule has 0 aliphatic rings. The zero-order valence-corrected chi connectivity index (χ0v) is 10.3. The van der Waals surface area contributed by atoms with Gasteiger partial charge < -0.3 is 5.73 Å². The van der Waals surface area contributed by atoms with Gasteiger partial charge in [0.2, 0.25) is 0 Å². The number of carbonyl (C=O) groups is 1. The first-order chi connectivity index (χ1) is 8.70. The molecule has 0 aliphatic carbocycles. The summed E-state index contributed by atoms with van der Waals surface area (Å²) in [6.45, 7) is 0. The van der Waals surface area contributed by atoms with E-state index < -0.39 is 5.91 Å². The molecule has 0 radical (unpaired) electrons. The van der Waals surface area contributed by atoms with Gasteiger partial charge in [-0.3, -0.25) is 4.79 Å². The average Bonchev–Trinajstić information content (AvgIpc) is 2.85. The standard InChI is InChI=1S/C14H10N2OS/c15-9-11(14(16)17)8-12-6-7-13(18-12)10-4-2-1-3-5-10/h1-8H,(H2,16,17)/b11-8+. The molecule has 0 bridgehead atoms. The number of rotatable bonds is 3. The van der Waals surface area contributed by atoms with Crippen LogP contribution in [0.15, 0.2) is 48.0 Å². The van der Waals surface area contributed by atoms with Gasteiger partial charge in [0.05, 0.1) is 0 Å². The van der Waals surface area contributed by atoms with Gasteiger partial charge >= 0.3 is 0 Å². The molecule has 1 heterocycles. The number of hydrogen-bond acceptors (Lipinski definition) is 3. The van der Waals surface area contributed by atoms with Gasteiger partial charge in [0.25, 0.3) is 5.91 Å². The summed E-state index contributed by atoms with van der Waals surface area (Å²) in [5.74, 6) is -0.702. The summed E-state index contributed by atoms with van der Waals surface area (Å²) in [5, 5.41) is 8.77. The molecule has 2 aromatic rings. The van der Waals surface area contributed by atoms with Gasteiger partial charge in [0, 0.05) is 9.75 Å². The lowest BCUT2D eigenvalue weighted by molar-refractivity contribution is -0.114. The van der Waals surface area contributed by atoms with Crippen LogP contribution in [-0.4, -0.2) is 5.91 Å². The fraction of sp³-hybridized carbons (Fsp3) is 0. The average molecular weight is 254 g/mol. The summed E-state index contributed by atoms with van der Waals surface area (Å²) >= 11 is 1.51. The van der Waals surface area contributed by atoms with Crippen molar-refractivity contribution in [3.05, 3.63) is 52.9 Å². The minimum atomic E-state index is -0.702. The van der Waals surface area contributed by atoms with Gasteiger partial charge in [0.15, 0.2) is 0 Å². The van der Waals surface area contributed by atoms with Crippen molar-refractivity contribution in [3.63, 3.8) is 0 Å². The summed E-state index contributed by atoms with van der Waals surface area (Å²) in [6.07, 6.45) is 1.51. The zero-order valence-electron chi connectivity index (χ0n) is 9.46. The van der Waals surface area contributed by atoms with E-state index in [1.165, 1.54) is 17.4 Å². The van der Waals surface area contributed by atoms with Gasteiger partial charge in [-0.05, 0) is 23.8 Å². The second kappa shape index (κ2) is 5.30. The van der Waals surface area contributed by atoms with Crippen LogP contribution in [0.2, 0.25) is 0 Å². The van der Waals surface area contributed by atoms with E-state index in [1.54, 1.807) is 6.07 Å². The van der Waals surface area contributed by atoms with Crippen LogP contribution in [0.3, 0.4) is 0 Å². The highest BCUT2D eigenvalue weighted by atomic mass is 32.1. The number of benzene rings is 1.